The number of carbonyl (C=O) groups is 1. The predicted octanol–water partition coefficient (Wildman–Crippen LogP) is 2.19. The molecule has 0 spiro atoms. The lowest BCUT2D eigenvalue weighted by molar-refractivity contribution is -0.121. The molecule has 4 heterocycles. The van der Waals surface area contributed by atoms with Crippen LogP contribution < -0.4 is 10.9 Å². The van der Waals surface area contributed by atoms with Gasteiger partial charge in [0.2, 0.25) is 5.91 Å². The molecule has 8 nitrogen and oxygen atoms in total. The largest absolute Gasteiger partial charge is 0.463 e. The van der Waals surface area contributed by atoms with Gasteiger partial charge in [0, 0.05) is 37.7 Å². The minimum atomic E-state index is -0.286. The Kier molecular flexibility index (Phi) is 5.71. The van der Waals surface area contributed by atoms with Gasteiger partial charge in [0.15, 0.2) is 5.58 Å². The second-order valence-electron chi connectivity index (χ2n) is 7.85. The Bertz CT molecular complexity index is 1060. The van der Waals surface area contributed by atoms with Gasteiger partial charge >= 0.3 is 0 Å². The van der Waals surface area contributed by atoms with Crippen LogP contribution in [-0.4, -0.2) is 50.7 Å². The maximum absolute atomic E-state index is 12.8. The first-order valence-corrected chi connectivity index (χ1v) is 10.6. The molecule has 0 saturated carbocycles. The first kappa shape index (κ1) is 19.7. The second kappa shape index (κ2) is 8.41. The van der Waals surface area contributed by atoms with Gasteiger partial charge in [-0.05, 0) is 32.7 Å². The monoisotopic (exact) mass is 399 g/mol. The molecule has 3 aromatic rings. The highest BCUT2D eigenvalue weighted by Gasteiger charge is 2.18. The molecule has 29 heavy (non-hydrogen) atoms. The molecule has 1 aliphatic heterocycles. The summed E-state index contributed by atoms with van der Waals surface area (Å²) in [7, 11) is 0. The van der Waals surface area contributed by atoms with E-state index in [0.29, 0.717) is 30.1 Å². The van der Waals surface area contributed by atoms with Crippen LogP contribution in [0.3, 0.4) is 0 Å². The molecule has 1 saturated heterocycles. The normalized spacial score (nSPS) is 17.9. The topological polar surface area (TPSA) is 84.8 Å². The highest BCUT2D eigenvalue weighted by molar-refractivity contribution is 5.82. The maximum atomic E-state index is 12.8. The summed E-state index contributed by atoms with van der Waals surface area (Å²) in [6.07, 6.45) is 6.98. The Morgan fingerprint density at radius 2 is 2.21 bits per heavy atom. The van der Waals surface area contributed by atoms with Crippen LogP contribution in [-0.2, 0) is 17.8 Å². The summed E-state index contributed by atoms with van der Waals surface area (Å²) in [5, 5.41) is 7.36. The quantitative estimate of drug-likeness (QED) is 0.616. The molecular formula is C21H29N5O3. The molecule has 1 aliphatic rings. The van der Waals surface area contributed by atoms with Crippen molar-refractivity contribution in [1.82, 2.24) is 24.4 Å². The zero-order chi connectivity index (χ0) is 20.4. The number of furan rings is 1. The molecule has 3 aromatic heterocycles. The zero-order valence-corrected chi connectivity index (χ0v) is 17.2. The van der Waals surface area contributed by atoms with Gasteiger partial charge in [0.25, 0.3) is 5.56 Å². The van der Waals surface area contributed by atoms with Crippen molar-refractivity contribution in [3.05, 3.63) is 34.6 Å². The van der Waals surface area contributed by atoms with Crippen molar-refractivity contribution in [2.24, 2.45) is 0 Å². The van der Waals surface area contributed by atoms with E-state index in [1.807, 2.05) is 17.4 Å². The van der Waals surface area contributed by atoms with Crippen molar-refractivity contribution < 1.29 is 9.21 Å². The molecule has 0 unspecified atom stereocenters. The number of amides is 1. The van der Waals surface area contributed by atoms with Gasteiger partial charge in [-0.2, -0.15) is 5.10 Å². The van der Waals surface area contributed by atoms with E-state index in [1.54, 1.807) is 12.3 Å². The molecule has 1 atom stereocenters. The first-order valence-electron chi connectivity index (χ1n) is 10.6. The number of likely N-dealkylation sites (tertiary alicyclic amines) is 1. The number of piperidine rings is 1. The van der Waals surface area contributed by atoms with Crippen LogP contribution in [0.15, 0.2) is 27.6 Å². The molecule has 0 aliphatic carbocycles. The third-order valence-corrected chi connectivity index (χ3v) is 5.87. The Labute approximate surface area is 169 Å². The minimum absolute atomic E-state index is 0.0744. The van der Waals surface area contributed by atoms with Crippen molar-refractivity contribution in [3.63, 3.8) is 0 Å². The van der Waals surface area contributed by atoms with Gasteiger partial charge in [-0.25, -0.2) is 4.68 Å². The van der Waals surface area contributed by atoms with Gasteiger partial charge in [0.1, 0.15) is 17.9 Å². The van der Waals surface area contributed by atoms with Gasteiger partial charge in [0.05, 0.1) is 11.8 Å². The molecule has 4 rings (SSSR count). The van der Waals surface area contributed by atoms with E-state index in [0.717, 1.165) is 30.9 Å². The fourth-order valence-corrected chi connectivity index (χ4v) is 4.25. The fourth-order valence-electron chi connectivity index (χ4n) is 4.25. The fraction of sp³-hybridized carbons (Fsp3) is 0.571. The van der Waals surface area contributed by atoms with Crippen LogP contribution in [0.4, 0.5) is 0 Å². The molecule has 1 N–H and O–H groups in total. The average molecular weight is 399 g/mol. The van der Waals surface area contributed by atoms with Crippen LogP contribution in [0.5, 0.6) is 0 Å². The van der Waals surface area contributed by atoms with Crippen molar-refractivity contribution in [1.29, 1.82) is 0 Å². The maximum Gasteiger partial charge on any atom is 0.291 e. The molecular weight excluding hydrogens is 370 g/mol. The molecule has 0 bridgehead atoms. The number of nitrogens with zero attached hydrogens (tertiary/aromatic N) is 4. The second-order valence-corrected chi connectivity index (χ2v) is 7.85. The molecule has 0 radical (unpaired) electrons. The first-order chi connectivity index (χ1) is 14.1. The van der Waals surface area contributed by atoms with E-state index in [4.69, 9.17) is 4.42 Å². The molecule has 0 aromatic carbocycles. The van der Waals surface area contributed by atoms with Crippen molar-refractivity contribution in [2.75, 3.05) is 19.6 Å². The summed E-state index contributed by atoms with van der Waals surface area (Å²) in [6, 6.07) is 4.17. The highest BCUT2D eigenvalue weighted by atomic mass is 16.3. The lowest BCUT2D eigenvalue weighted by atomic mass is 10.0. The van der Waals surface area contributed by atoms with Gasteiger partial charge in [-0.3, -0.25) is 14.0 Å². The third-order valence-electron chi connectivity index (χ3n) is 5.87. The summed E-state index contributed by atoms with van der Waals surface area (Å²) < 4.78 is 8.50. The van der Waals surface area contributed by atoms with E-state index in [1.165, 1.54) is 23.9 Å². The predicted molar refractivity (Wildman–Crippen MR) is 111 cm³/mol. The molecule has 8 heteroatoms. The number of fused-ring (bicyclic) bond motifs is 3. The van der Waals surface area contributed by atoms with Gasteiger partial charge in [-0.1, -0.05) is 13.3 Å². The van der Waals surface area contributed by atoms with E-state index in [-0.39, 0.29) is 18.0 Å². The lowest BCUT2D eigenvalue weighted by Gasteiger charge is -2.33. The van der Waals surface area contributed by atoms with Gasteiger partial charge < -0.3 is 14.6 Å². The standard InChI is InChI=1S/C21H29N5O3/c1-3-19-23-25(21(28)17-13-18-16(26(17)19)8-12-29-18)14-20(27)22-9-6-11-24-10-5-4-7-15(24)2/h8,12-13,15H,3-7,9-11,14H2,1-2H3,(H,22,27)/t15-/m0/s1. The van der Waals surface area contributed by atoms with Crippen LogP contribution in [0.2, 0.25) is 0 Å². The van der Waals surface area contributed by atoms with Crippen LogP contribution in [0.25, 0.3) is 16.6 Å². The number of rotatable bonds is 7. The van der Waals surface area contributed by atoms with Crippen LogP contribution >= 0.6 is 0 Å². The third kappa shape index (κ3) is 3.94. The highest BCUT2D eigenvalue weighted by Crippen LogP contribution is 2.20. The summed E-state index contributed by atoms with van der Waals surface area (Å²) in [6.45, 7) is 6.93. The van der Waals surface area contributed by atoms with E-state index in [9.17, 15) is 9.59 Å². The summed E-state index contributed by atoms with van der Waals surface area (Å²) in [5.41, 5.74) is 1.67. The number of nitrogens with one attached hydrogen (secondary N) is 1. The zero-order valence-electron chi connectivity index (χ0n) is 17.2. The van der Waals surface area contributed by atoms with Crippen LogP contribution in [0, 0.1) is 0 Å². The number of aryl methyl sites for hydroxylation is 1. The Hall–Kier alpha value is -2.61. The Balaban J connectivity index is 1.40. The summed E-state index contributed by atoms with van der Waals surface area (Å²) in [4.78, 5) is 27.7. The number of hydrogen-bond acceptors (Lipinski definition) is 5. The SMILES string of the molecule is CCc1nn(CC(=O)NCCCN2CCCC[C@@H]2C)c(=O)c2cc3occc3n12. The summed E-state index contributed by atoms with van der Waals surface area (Å²) >= 11 is 0. The number of carbonyl (C=O) groups excluding carboxylic acids is 1. The smallest absolute Gasteiger partial charge is 0.291 e. The van der Waals surface area contributed by atoms with E-state index in [2.05, 4.69) is 22.2 Å². The molecule has 1 amide bonds. The van der Waals surface area contributed by atoms with Crippen molar-refractivity contribution >= 4 is 22.5 Å². The minimum Gasteiger partial charge on any atom is -0.463 e. The van der Waals surface area contributed by atoms with Crippen LogP contribution in [0.1, 0.15) is 45.4 Å². The van der Waals surface area contributed by atoms with E-state index >= 15 is 0 Å². The van der Waals surface area contributed by atoms with E-state index < -0.39 is 0 Å². The number of hydrogen-bond donors (Lipinski definition) is 1. The number of aromatic nitrogens is 3. The van der Waals surface area contributed by atoms with Crippen molar-refractivity contribution in [2.45, 2.75) is 58.5 Å². The molecule has 156 valence electrons. The Morgan fingerprint density at radius 3 is 3.00 bits per heavy atom. The lowest BCUT2D eigenvalue weighted by Crippen LogP contribution is -2.40. The summed E-state index contributed by atoms with van der Waals surface area (Å²) in [5.74, 6) is 0.538. The molecule has 1 fully saturated rings. The Morgan fingerprint density at radius 1 is 1.34 bits per heavy atom. The average Bonchev–Trinajstić information content (AvgIpc) is 3.30. The van der Waals surface area contributed by atoms with Gasteiger partial charge in [-0.15, -0.1) is 0 Å². The van der Waals surface area contributed by atoms with Crippen molar-refractivity contribution in [3.8, 4) is 0 Å².